The van der Waals surface area contributed by atoms with Crippen LogP contribution < -0.4 is 5.32 Å². The van der Waals surface area contributed by atoms with Gasteiger partial charge in [-0.3, -0.25) is 9.59 Å². The number of nitrogens with one attached hydrogen (secondary N) is 1. The van der Waals surface area contributed by atoms with Gasteiger partial charge in [0.15, 0.2) is 0 Å². The number of ketones is 1. The van der Waals surface area contributed by atoms with E-state index in [0.717, 1.165) is 25.7 Å². The topological polar surface area (TPSA) is 107 Å². The molecule has 0 aromatic heterocycles. The fourth-order valence-corrected chi connectivity index (χ4v) is 3.51. The Bertz CT molecular complexity index is 517. The number of aliphatic hydroxyl groups excluding tert-OH is 3. The van der Waals surface area contributed by atoms with E-state index in [9.17, 15) is 19.8 Å². The van der Waals surface area contributed by atoms with Crippen molar-refractivity contribution in [1.29, 1.82) is 0 Å². The minimum Gasteiger partial charge on any atom is -0.395 e. The molecule has 6 nitrogen and oxygen atoms in total. The number of carbonyl (C=O) groups excluding carboxylic acids is 2. The third kappa shape index (κ3) is 9.62. The normalized spacial score (nSPS) is 23.7. The van der Waals surface area contributed by atoms with Crippen LogP contribution in [0.1, 0.15) is 64.7 Å². The second-order valence-corrected chi connectivity index (χ2v) is 7.55. The molecule has 160 valence electrons. The van der Waals surface area contributed by atoms with E-state index >= 15 is 0 Å². The molecule has 1 saturated carbocycles. The predicted octanol–water partition coefficient (Wildman–Crippen LogP) is 2.28. The molecule has 0 spiro atoms. The van der Waals surface area contributed by atoms with Gasteiger partial charge >= 0.3 is 0 Å². The summed E-state index contributed by atoms with van der Waals surface area (Å²) in [5.74, 6) is -0.536. The number of Topliss-reactive ketones (excluding diaryl/α,β-unsaturated/α-hetero) is 1. The Kier molecular flexibility index (Phi) is 12.7. The Morgan fingerprint density at radius 1 is 1.29 bits per heavy atom. The molecule has 0 heterocycles. The van der Waals surface area contributed by atoms with Crippen molar-refractivity contribution in [2.24, 2.45) is 11.8 Å². The van der Waals surface area contributed by atoms with Crippen LogP contribution in [0.3, 0.4) is 0 Å². The maximum Gasteiger partial charge on any atom is 0.220 e. The van der Waals surface area contributed by atoms with Crippen molar-refractivity contribution in [2.75, 3.05) is 13.2 Å². The van der Waals surface area contributed by atoms with Crippen molar-refractivity contribution < 1.29 is 24.9 Å². The first-order chi connectivity index (χ1) is 13.5. The summed E-state index contributed by atoms with van der Waals surface area (Å²) in [6.45, 7) is 2.34. The Labute approximate surface area is 168 Å². The zero-order chi connectivity index (χ0) is 20.8. The molecule has 4 N–H and O–H groups in total. The number of aliphatic hydroxyl groups is 3. The van der Waals surface area contributed by atoms with Gasteiger partial charge in [0, 0.05) is 31.2 Å². The van der Waals surface area contributed by atoms with Crippen LogP contribution in [0.5, 0.6) is 0 Å². The second-order valence-electron chi connectivity index (χ2n) is 7.55. The molecule has 0 saturated heterocycles. The number of allylic oxidation sites excluding steroid dienone is 3. The van der Waals surface area contributed by atoms with E-state index in [4.69, 9.17) is 5.11 Å². The second kappa shape index (κ2) is 14.5. The number of hydrogen-bond donors (Lipinski definition) is 4. The number of rotatable bonds is 14. The molecule has 6 heteroatoms. The molecular weight excluding hydrogens is 358 g/mol. The molecule has 1 aliphatic rings. The largest absolute Gasteiger partial charge is 0.395 e. The van der Waals surface area contributed by atoms with Crippen LogP contribution in [-0.4, -0.2) is 52.4 Å². The van der Waals surface area contributed by atoms with Crippen LogP contribution >= 0.6 is 0 Å². The molecule has 28 heavy (non-hydrogen) atoms. The summed E-state index contributed by atoms with van der Waals surface area (Å²) in [6, 6.07) is 0. The first-order valence-corrected chi connectivity index (χ1v) is 10.6. The maximum atomic E-state index is 12.2. The third-order valence-electron chi connectivity index (χ3n) is 5.17. The highest BCUT2D eigenvalue weighted by atomic mass is 16.3. The monoisotopic (exact) mass is 395 g/mol. The lowest BCUT2D eigenvalue weighted by Gasteiger charge is -2.17. The molecule has 1 rings (SSSR count). The van der Waals surface area contributed by atoms with E-state index in [-0.39, 0.29) is 43.1 Å². The van der Waals surface area contributed by atoms with Crippen LogP contribution in [0.25, 0.3) is 0 Å². The van der Waals surface area contributed by atoms with E-state index in [1.165, 1.54) is 0 Å². The van der Waals surface area contributed by atoms with Gasteiger partial charge in [-0.25, -0.2) is 0 Å². The lowest BCUT2D eigenvalue weighted by Crippen LogP contribution is -2.25. The lowest BCUT2D eigenvalue weighted by molar-refractivity contribution is -0.121. The van der Waals surface area contributed by atoms with Crippen LogP contribution in [0.15, 0.2) is 24.3 Å². The van der Waals surface area contributed by atoms with Crippen molar-refractivity contribution in [1.82, 2.24) is 5.32 Å². The highest BCUT2D eigenvalue weighted by Crippen LogP contribution is 2.33. The van der Waals surface area contributed by atoms with E-state index in [1.54, 1.807) is 12.2 Å². The van der Waals surface area contributed by atoms with Crippen molar-refractivity contribution in [3.8, 4) is 0 Å². The lowest BCUT2D eigenvalue weighted by atomic mass is 9.90. The summed E-state index contributed by atoms with van der Waals surface area (Å²) in [5.41, 5.74) is 0. The molecule has 0 radical (unpaired) electrons. The third-order valence-corrected chi connectivity index (χ3v) is 5.17. The minimum atomic E-state index is -0.645. The van der Waals surface area contributed by atoms with Gasteiger partial charge in [0.05, 0.1) is 18.8 Å². The zero-order valence-corrected chi connectivity index (χ0v) is 17.1. The fourth-order valence-electron chi connectivity index (χ4n) is 3.51. The van der Waals surface area contributed by atoms with Crippen molar-refractivity contribution in [3.05, 3.63) is 24.3 Å². The number of unbranched alkanes of at least 4 members (excludes halogenated alkanes) is 3. The molecular formula is C22H37NO5. The quantitative estimate of drug-likeness (QED) is 0.267. The summed E-state index contributed by atoms with van der Waals surface area (Å²) < 4.78 is 0. The summed E-state index contributed by atoms with van der Waals surface area (Å²) in [4.78, 5) is 23.6. The van der Waals surface area contributed by atoms with Gasteiger partial charge in [-0.05, 0) is 25.7 Å². The summed E-state index contributed by atoms with van der Waals surface area (Å²) in [5, 5.41) is 31.5. The van der Waals surface area contributed by atoms with Crippen molar-refractivity contribution in [3.63, 3.8) is 0 Å². The fraction of sp³-hybridized carbons (Fsp3) is 0.727. The Hall–Kier alpha value is -1.50. The van der Waals surface area contributed by atoms with Crippen molar-refractivity contribution in [2.45, 2.75) is 76.9 Å². The molecule has 1 amide bonds. The van der Waals surface area contributed by atoms with E-state index in [0.29, 0.717) is 25.7 Å². The average molecular weight is 396 g/mol. The average Bonchev–Trinajstić information content (AvgIpc) is 2.94. The van der Waals surface area contributed by atoms with Gasteiger partial charge in [-0.1, -0.05) is 50.5 Å². The number of carbonyl (C=O) groups is 2. The Morgan fingerprint density at radius 2 is 2.07 bits per heavy atom. The van der Waals surface area contributed by atoms with Crippen LogP contribution in [0, 0.1) is 11.8 Å². The first-order valence-electron chi connectivity index (χ1n) is 10.6. The van der Waals surface area contributed by atoms with E-state index in [1.807, 2.05) is 12.2 Å². The molecule has 0 aromatic rings. The summed E-state index contributed by atoms with van der Waals surface area (Å²) in [6.07, 6.45) is 12.8. The van der Waals surface area contributed by atoms with E-state index in [2.05, 4.69) is 12.2 Å². The molecule has 4 unspecified atom stereocenters. The molecule has 0 aliphatic heterocycles. The highest BCUT2D eigenvalue weighted by molar-refractivity contribution is 5.86. The minimum absolute atomic E-state index is 0.0310. The summed E-state index contributed by atoms with van der Waals surface area (Å²) >= 11 is 0. The molecule has 0 bridgehead atoms. The van der Waals surface area contributed by atoms with Crippen LogP contribution in [0.2, 0.25) is 0 Å². The smallest absolute Gasteiger partial charge is 0.220 e. The Morgan fingerprint density at radius 3 is 2.79 bits per heavy atom. The molecule has 1 aliphatic carbocycles. The number of amides is 1. The van der Waals surface area contributed by atoms with Crippen molar-refractivity contribution >= 4 is 11.7 Å². The Balaban J connectivity index is 2.40. The molecule has 1 fully saturated rings. The predicted molar refractivity (Wildman–Crippen MR) is 110 cm³/mol. The first kappa shape index (κ1) is 24.5. The highest BCUT2D eigenvalue weighted by Gasteiger charge is 2.39. The molecule has 4 atom stereocenters. The maximum absolute atomic E-state index is 12.2. The van der Waals surface area contributed by atoms with Crippen LogP contribution in [0.4, 0.5) is 0 Å². The van der Waals surface area contributed by atoms with Gasteiger partial charge in [0.2, 0.25) is 5.91 Å². The summed E-state index contributed by atoms with van der Waals surface area (Å²) in [7, 11) is 0. The molecule has 0 aromatic carbocycles. The van der Waals surface area contributed by atoms with Gasteiger partial charge in [0.25, 0.3) is 0 Å². The van der Waals surface area contributed by atoms with Gasteiger partial charge < -0.3 is 20.6 Å². The SMILES string of the molecule is CCCCCC(O)/C=C/C1C(=O)CC(O)C1C/C=C/CCCC(=O)NCCO. The zero-order valence-electron chi connectivity index (χ0n) is 17.1. The van der Waals surface area contributed by atoms with Crippen LogP contribution in [-0.2, 0) is 9.59 Å². The standard InChI is InChI=1S/C22H37NO5/c1-2-3-6-9-17(25)12-13-19-18(20(26)16-21(19)27)10-7-4-5-8-11-22(28)23-14-15-24/h4,7,12-13,17-20,24-26H,2-3,5-6,8-11,14-16H2,1H3,(H,23,28)/b7-4+,13-12+. The van der Waals surface area contributed by atoms with Gasteiger partial charge in [0.1, 0.15) is 5.78 Å². The number of hydrogen-bond acceptors (Lipinski definition) is 5. The van der Waals surface area contributed by atoms with Gasteiger partial charge in [-0.2, -0.15) is 0 Å². The van der Waals surface area contributed by atoms with E-state index < -0.39 is 12.2 Å². The van der Waals surface area contributed by atoms with Gasteiger partial charge in [-0.15, -0.1) is 0 Å².